The number of amides is 4. The molecule has 18 heteroatoms. The van der Waals surface area contributed by atoms with Gasteiger partial charge in [0.05, 0.1) is 28.8 Å². The second-order valence-corrected chi connectivity index (χ2v) is 16.9. The number of anilines is 3. The number of imidazole rings is 1. The Morgan fingerprint density at radius 1 is 1.02 bits per heavy atom. The van der Waals surface area contributed by atoms with Gasteiger partial charge >= 0.3 is 0 Å². The van der Waals surface area contributed by atoms with E-state index in [1.807, 2.05) is 41.4 Å². The van der Waals surface area contributed by atoms with Gasteiger partial charge in [0.15, 0.2) is 0 Å². The van der Waals surface area contributed by atoms with Gasteiger partial charge in [-0.1, -0.05) is 11.2 Å². The van der Waals surface area contributed by atoms with Crippen LogP contribution in [0.5, 0.6) is 0 Å². The van der Waals surface area contributed by atoms with Gasteiger partial charge in [-0.3, -0.25) is 24.5 Å². The molecule has 64 heavy (non-hydrogen) atoms. The lowest BCUT2D eigenvalue weighted by Gasteiger charge is -2.29. The fraction of sp³-hybridized carbons (Fsp3) is 0.370. The van der Waals surface area contributed by atoms with E-state index in [1.165, 1.54) is 0 Å². The first-order valence-corrected chi connectivity index (χ1v) is 21.9. The Morgan fingerprint density at radius 3 is 2.66 bits per heavy atom. The average Bonchev–Trinajstić information content (AvgIpc) is 3.52. The van der Waals surface area contributed by atoms with Crippen LogP contribution >= 0.6 is 0 Å². The Kier molecular flexibility index (Phi) is 10.4. The number of carbonyl (C=O) groups excluding carboxylic acids is 4. The lowest BCUT2D eigenvalue weighted by molar-refractivity contribution is -0.136. The molecule has 328 valence electrons. The molecule has 4 amide bonds. The molecule has 18 nitrogen and oxygen atoms in total. The van der Waals surface area contributed by atoms with E-state index in [0.717, 1.165) is 92.2 Å². The van der Waals surface area contributed by atoms with Crippen LogP contribution in [-0.4, -0.2) is 87.1 Å². The molecule has 3 aliphatic rings. The van der Waals surface area contributed by atoms with E-state index in [2.05, 4.69) is 68.4 Å². The summed E-state index contributed by atoms with van der Waals surface area (Å²) < 4.78 is 9.45. The van der Waals surface area contributed by atoms with Gasteiger partial charge in [-0.15, -0.1) is 0 Å². The highest BCUT2D eigenvalue weighted by Gasteiger charge is 2.40. The molecule has 5 aromatic heterocycles. The van der Waals surface area contributed by atoms with Crippen molar-refractivity contribution in [3.63, 3.8) is 0 Å². The number of aryl methyl sites for hydroxylation is 5. The maximum atomic E-state index is 13.8. The number of hydrogen-bond acceptors (Lipinski definition) is 12. The molecule has 1 aliphatic carbocycles. The zero-order chi connectivity index (χ0) is 44.2. The fourth-order valence-corrected chi connectivity index (χ4v) is 9.04. The molecule has 7 aromatic rings. The van der Waals surface area contributed by atoms with E-state index in [0.29, 0.717) is 68.5 Å². The molecular weight excluding hydrogens is 815 g/mol. The number of aromatic amines is 1. The van der Waals surface area contributed by atoms with Crippen LogP contribution in [0.25, 0.3) is 33.1 Å². The second-order valence-electron chi connectivity index (χ2n) is 16.9. The molecule has 1 saturated heterocycles. The number of nitrogens with zero attached hydrogens (tertiary/aromatic N) is 8. The highest BCUT2D eigenvalue weighted by atomic mass is 16.5. The molecule has 2 aliphatic heterocycles. The van der Waals surface area contributed by atoms with E-state index in [9.17, 15) is 19.2 Å². The van der Waals surface area contributed by atoms with Gasteiger partial charge in [0.25, 0.3) is 11.8 Å². The molecular formula is C46H49N13O5. The normalized spacial score (nSPS) is 16.2. The number of benzene rings is 2. The van der Waals surface area contributed by atoms with E-state index >= 15 is 0 Å². The van der Waals surface area contributed by atoms with Crippen molar-refractivity contribution < 1.29 is 23.7 Å². The highest BCUT2D eigenvalue weighted by molar-refractivity contribution is 6.13. The third kappa shape index (κ3) is 7.62. The minimum Gasteiger partial charge on any atom is -0.385 e. The first-order valence-electron chi connectivity index (χ1n) is 21.9. The summed E-state index contributed by atoms with van der Waals surface area (Å²) in [6.45, 7) is 10.6. The minimum absolute atomic E-state index is 0.0318. The molecule has 0 radical (unpaired) electrons. The van der Waals surface area contributed by atoms with Crippen molar-refractivity contribution in [3.8, 4) is 11.1 Å². The van der Waals surface area contributed by atoms with Crippen molar-refractivity contribution in [2.45, 2.75) is 97.8 Å². The topological polar surface area (TPSA) is 223 Å². The number of piperidine rings is 1. The van der Waals surface area contributed by atoms with Gasteiger partial charge in [0, 0.05) is 97.0 Å². The number of fused-ring (bicyclic) bond motifs is 4. The predicted molar refractivity (Wildman–Crippen MR) is 238 cm³/mol. The maximum absolute atomic E-state index is 13.8. The van der Waals surface area contributed by atoms with Crippen LogP contribution in [0.3, 0.4) is 0 Å². The van der Waals surface area contributed by atoms with E-state index in [-0.39, 0.29) is 24.1 Å². The van der Waals surface area contributed by atoms with Gasteiger partial charge in [-0.25, -0.2) is 19.6 Å². The third-order valence-corrected chi connectivity index (χ3v) is 12.5. The van der Waals surface area contributed by atoms with Crippen LogP contribution in [0.1, 0.15) is 99.9 Å². The van der Waals surface area contributed by atoms with Crippen molar-refractivity contribution in [2.75, 3.05) is 23.7 Å². The first-order chi connectivity index (χ1) is 31.0. The Hall–Kier alpha value is -7.37. The van der Waals surface area contributed by atoms with Crippen LogP contribution in [0, 0.1) is 20.8 Å². The SMILES string of the molecule is CCn1nc(C2CC2)cc1Nc1nc(C(=O)NCCc2cn(CCCNc3cccc4c3CN(C3CCC(=O)NC3=O)C4=O)cn2)nc2[nH]c3cc(-c4c(C)noc4C)c(C)cc3c12. The number of carbonyl (C=O) groups is 4. The molecule has 7 heterocycles. The zero-order valence-electron chi connectivity index (χ0n) is 36.2. The molecule has 1 atom stereocenters. The number of nitrogens with one attached hydrogen (secondary N) is 5. The molecule has 0 bridgehead atoms. The van der Waals surface area contributed by atoms with Crippen LogP contribution in [-0.2, 0) is 35.6 Å². The summed E-state index contributed by atoms with van der Waals surface area (Å²) in [5.41, 5.74) is 9.36. The monoisotopic (exact) mass is 863 g/mol. The smallest absolute Gasteiger partial charge is 0.289 e. The Labute approximate surface area is 367 Å². The van der Waals surface area contributed by atoms with E-state index in [1.54, 1.807) is 17.3 Å². The molecule has 2 fully saturated rings. The maximum Gasteiger partial charge on any atom is 0.289 e. The van der Waals surface area contributed by atoms with Crippen molar-refractivity contribution >= 4 is 62.9 Å². The molecule has 10 rings (SSSR count). The lowest BCUT2D eigenvalue weighted by Crippen LogP contribution is -2.52. The summed E-state index contributed by atoms with van der Waals surface area (Å²) in [6, 6.07) is 11.2. The summed E-state index contributed by atoms with van der Waals surface area (Å²) in [6.07, 6.45) is 7.85. The van der Waals surface area contributed by atoms with Crippen molar-refractivity contribution in [1.29, 1.82) is 0 Å². The standard InChI is InChI=1S/C46H49N13O5/c1-5-59-37(20-34(55-59)27-10-11-27)51-42-40-31-18-24(2)30(39-25(3)56-64-26(39)4)19-35(31)50-41(40)53-43(54-42)45(62)48-16-14-28-21-57(23-49-28)17-7-15-47-33-9-6-8-29-32(33)22-58(46(29)63)36-12-13-38(60)52-44(36)61/h6,8-9,18-21,23,27,36,47H,5,7,10-17,22H2,1-4H3,(H,48,62)(H,52,60,61)(H2,50,51,53,54). The van der Waals surface area contributed by atoms with Gasteiger partial charge in [0.2, 0.25) is 17.6 Å². The number of hydrogen-bond donors (Lipinski definition) is 5. The number of rotatable bonds is 15. The van der Waals surface area contributed by atoms with Crippen molar-refractivity contribution in [3.05, 3.63) is 94.3 Å². The van der Waals surface area contributed by atoms with E-state index < -0.39 is 17.9 Å². The zero-order valence-corrected chi connectivity index (χ0v) is 36.2. The van der Waals surface area contributed by atoms with Gasteiger partial charge < -0.3 is 34.9 Å². The number of aromatic nitrogens is 8. The average molecular weight is 864 g/mol. The predicted octanol–water partition coefficient (Wildman–Crippen LogP) is 5.96. The Bertz CT molecular complexity index is 2990. The summed E-state index contributed by atoms with van der Waals surface area (Å²) in [4.78, 5) is 70.4. The third-order valence-electron chi connectivity index (χ3n) is 12.5. The molecule has 0 spiro atoms. The molecule has 2 aromatic carbocycles. The number of imide groups is 1. The summed E-state index contributed by atoms with van der Waals surface area (Å²) in [5.74, 6) is 1.23. The van der Waals surface area contributed by atoms with Crippen LogP contribution < -0.4 is 21.3 Å². The molecule has 1 unspecified atom stereocenters. The summed E-state index contributed by atoms with van der Waals surface area (Å²) in [5, 5.41) is 23.1. The van der Waals surface area contributed by atoms with Crippen LogP contribution in [0.4, 0.5) is 17.3 Å². The fourth-order valence-electron chi connectivity index (χ4n) is 9.04. The van der Waals surface area contributed by atoms with Crippen LogP contribution in [0.2, 0.25) is 0 Å². The summed E-state index contributed by atoms with van der Waals surface area (Å²) in [7, 11) is 0. The Balaban J connectivity index is 0.800. The van der Waals surface area contributed by atoms with Gasteiger partial charge in [-0.05, 0) is 88.8 Å². The largest absolute Gasteiger partial charge is 0.385 e. The van der Waals surface area contributed by atoms with Crippen molar-refractivity contribution in [2.24, 2.45) is 0 Å². The van der Waals surface area contributed by atoms with Crippen molar-refractivity contribution in [1.82, 2.24) is 55.0 Å². The van der Waals surface area contributed by atoms with Gasteiger partial charge in [-0.2, -0.15) is 5.10 Å². The quantitative estimate of drug-likeness (QED) is 0.0595. The van der Waals surface area contributed by atoms with Crippen LogP contribution in [0.15, 0.2) is 53.4 Å². The number of H-pyrrole nitrogens is 1. The first kappa shape index (κ1) is 40.7. The second kappa shape index (κ2) is 16.4. The lowest BCUT2D eigenvalue weighted by atomic mass is 9.97. The minimum atomic E-state index is -0.657. The van der Waals surface area contributed by atoms with Gasteiger partial charge in [0.1, 0.15) is 29.1 Å². The summed E-state index contributed by atoms with van der Waals surface area (Å²) >= 11 is 0. The molecule has 5 N–H and O–H groups in total. The highest BCUT2D eigenvalue weighted by Crippen LogP contribution is 2.42. The Morgan fingerprint density at radius 2 is 1.88 bits per heavy atom. The van der Waals surface area contributed by atoms with E-state index in [4.69, 9.17) is 19.6 Å². The molecule has 1 saturated carbocycles.